The number of piperazine rings is 1. The van der Waals surface area contributed by atoms with Gasteiger partial charge in [-0.1, -0.05) is 50.8 Å². The molecule has 2 aliphatic heterocycles. The fraction of sp³-hybridized carbons (Fsp3) is 0.393. The van der Waals surface area contributed by atoms with Crippen LogP contribution < -0.4 is 14.5 Å². The number of hydrogen-bond donors (Lipinski definition) is 0. The lowest BCUT2D eigenvalue weighted by atomic mass is 9.93. The standard InChI is InChI=1S/C28H32FN5O2/c1-18(2)21-9-5-7-20-8-6-10-24(25(20)21)34-12-11-22-23(17-34)30-28(36-4)31-26(22)32-13-15-33(16-14-32)27(35)19(3)29/h5-10,18H,3,11-17H2,1-2,4H3. The van der Waals surface area contributed by atoms with E-state index in [1.54, 1.807) is 7.11 Å². The van der Waals surface area contributed by atoms with E-state index in [9.17, 15) is 9.18 Å². The average Bonchev–Trinajstić information content (AvgIpc) is 2.90. The van der Waals surface area contributed by atoms with E-state index in [0.29, 0.717) is 44.7 Å². The lowest BCUT2D eigenvalue weighted by molar-refractivity contribution is -0.128. The van der Waals surface area contributed by atoms with Crippen molar-refractivity contribution in [2.75, 3.05) is 49.6 Å². The highest BCUT2D eigenvalue weighted by molar-refractivity contribution is 5.97. The molecule has 1 fully saturated rings. The Morgan fingerprint density at radius 3 is 2.42 bits per heavy atom. The predicted octanol–water partition coefficient (Wildman–Crippen LogP) is 4.46. The SMILES string of the molecule is C=C(F)C(=O)N1CCN(c2nc(OC)nc3c2CCN(c2cccc4cccc(C(C)C)c24)C3)CC1. The summed E-state index contributed by atoms with van der Waals surface area (Å²) in [6, 6.07) is 13.4. The first kappa shape index (κ1) is 24.0. The largest absolute Gasteiger partial charge is 0.467 e. The predicted molar refractivity (Wildman–Crippen MR) is 140 cm³/mol. The van der Waals surface area contributed by atoms with Gasteiger partial charge in [0.25, 0.3) is 5.91 Å². The number of nitrogens with zero attached hydrogens (tertiary/aromatic N) is 5. The summed E-state index contributed by atoms with van der Waals surface area (Å²) in [5.41, 5.74) is 4.64. The van der Waals surface area contributed by atoms with Gasteiger partial charge in [0.05, 0.1) is 19.3 Å². The molecule has 0 N–H and O–H groups in total. The molecule has 0 radical (unpaired) electrons. The molecule has 0 unspecified atom stereocenters. The van der Waals surface area contributed by atoms with Crippen LogP contribution in [0.15, 0.2) is 48.8 Å². The Hall–Kier alpha value is -3.68. The molecule has 188 valence electrons. The summed E-state index contributed by atoms with van der Waals surface area (Å²) in [6.45, 7) is 11.1. The van der Waals surface area contributed by atoms with E-state index in [0.717, 1.165) is 30.0 Å². The molecule has 1 aromatic heterocycles. The maximum absolute atomic E-state index is 13.3. The molecule has 0 saturated carbocycles. The minimum absolute atomic E-state index is 0.335. The zero-order chi connectivity index (χ0) is 25.4. The number of anilines is 2. The molecular weight excluding hydrogens is 457 g/mol. The van der Waals surface area contributed by atoms with Gasteiger partial charge in [-0.05, 0) is 29.4 Å². The lowest BCUT2D eigenvalue weighted by Crippen LogP contribution is -2.49. The second-order valence-corrected chi connectivity index (χ2v) is 9.69. The van der Waals surface area contributed by atoms with Crippen LogP contribution in [0.3, 0.4) is 0 Å². The van der Waals surface area contributed by atoms with Crippen molar-refractivity contribution in [3.8, 4) is 6.01 Å². The van der Waals surface area contributed by atoms with Crippen molar-refractivity contribution in [1.29, 1.82) is 0 Å². The number of amides is 1. The number of hydrogen-bond acceptors (Lipinski definition) is 6. The summed E-state index contributed by atoms with van der Waals surface area (Å²) < 4.78 is 18.8. The highest BCUT2D eigenvalue weighted by Crippen LogP contribution is 2.37. The van der Waals surface area contributed by atoms with E-state index in [1.165, 1.54) is 26.9 Å². The first-order valence-electron chi connectivity index (χ1n) is 12.5. The molecule has 7 nitrogen and oxygen atoms in total. The number of benzene rings is 2. The first-order valence-corrected chi connectivity index (χ1v) is 12.5. The molecule has 3 heterocycles. The van der Waals surface area contributed by atoms with Crippen molar-refractivity contribution in [3.05, 3.63) is 65.6 Å². The molecule has 36 heavy (non-hydrogen) atoms. The third-order valence-electron chi connectivity index (χ3n) is 7.18. The number of fused-ring (bicyclic) bond motifs is 2. The van der Waals surface area contributed by atoms with Crippen molar-refractivity contribution >= 4 is 28.2 Å². The molecule has 0 spiro atoms. The van der Waals surface area contributed by atoms with Gasteiger partial charge in [0, 0.05) is 49.4 Å². The minimum atomic E-state index is -0.918. The van der Waals surface area contributed by atoms with Crippen molar-refractivity contribution in [1.82, 2.24) is 14.9 Å². The molecule has 1 amide bonds. The topological polar surface area (TPSA) is 61.8 Å². The van der Waals surface area contributed by atoms with Crippen LogP contribution in [0.25, 0.3) is 10.8 Å². The molecule has 0 atom stereocenters. The summed E-state index contributed by atoms with van der Waals surface area (Å²) in [6.07, 6.45) is 0.801. The third-order valence-corrected chi connectivity index (χ3v) is 7.18. The fourth-order valence-electron chi connectivity index (χ4n) is 5.33. The van der Waals surface area contributed by atoms with Crippen LogP contribution in [0.1, 0.15) is 36.6 Å². The minimum Gasteiger partial charge on any atom is -0.467 e. The number of ether oxygens (including phenoxy) is 1. The zero-order valence-electron chi connectivity index (χ0n) is 21.1. The van der Waals surface area contributed by atoms with Crippen LogP contribution in [0.2, 0.25) is 0 Å². The molecule has 2 aliphatic rings. The van der Waals surface area contributed by atoms with E-state index >= 15 is 0 Å². The Balaban J connectivity index is 1.46. The highest BCUT2D eigenvalue weighted by atomic mass is 19.1. The van der Waals surface area contributed by atoms with E-state index in [-0.39, 0.29) is 0 Å². The van der Waals surface area contributed by atoms with Crippen LogP contribution in [0.4, 0.5) is 15.9 Å². The van der Waals surface area contributed by atoms with Gasteiger partial charge < -0.3 is 19.4 Å². The third kappa shape index (κ3) is 4.36. The maximum Gasteiger partial charge on any atom is 0.318 e. The number of carbonyl (C=O) groups excluding carboxylic acids is 1. The van der Waals surface area contributed by atoms with Crippen LogP contribution in [0.5, 0.6) is 6.01 Å². The molecule has 0 aliphatic carbocycles. The van der Waals surface area contributed by atoms with E-state index < -0.39 is 11.7 Å². The Labute approximate surface area is 211 Å². The van der Waals surface area contributed by atoms with Crippen LogP contribution >= 0.6 is 0 Å². The lowest BCUT2D eigenvalue weighted by Gasteiger charge is -2.38. The quantitative estimate of drug-likeness (QED) is 0.494. The van der Waals surface area contributed by atoms with Gasteiger partial charge in [-0.25, -0.2) is 4.39 Å². The van der Waals surface area contributed by atoms with Gasteiger partial charge in [-0.15, -0.1) is 0 Å². The first-order chi connectivity index (χ1) is 17.4. The van der Waals surface area contributed by atoms with E-state index in [2.05, 4.69) is 66.6 Å². The number of methoxy groups -OCH3 is 1. The van der Waals surface area contributed by atoms with Crippen molar-refractivity contribution < 1.29 is 13.9 Å². The highest BCUT2D eigenvalue weighted by Gasteiger charge is 2.30. The van der Waals surface area contributed by atoms with Crippen molar-refractivity contribution in [3.63, 3.8) is 0 Å². The Kier molecular flexibility index (Phi) is 6.51. The summed E-state index contributed by atoms with van der Waals surface area (Å²) >= 11 is 0. The van der Waals surface area contributed by atoms with Gasteiger partial charge in [-0.2, -0.15) is 9.97 Å². The number of carbonyl (C=O) groups is 1. The Morgan fingerprint density at radius 2 is 1.75 bits per heavy atom. The monoisotopic (exact) mass is 489 g/mol. The van der Waals surface area contributed by atoms with E-state index in [4.69, 9.17) is 14.7 Å². The Morgan fingerprint density at radius 1 is 1.03 bits per heavy atom. The van der Waals surface area contributed by atoms with Gasteiger partial charge >= 0.3 is 6.01 Å². The fourth-order valence-corrected chi connectivity index (χ4v) is 5.33. The van der Waals surface area contributed by atoms with Gasteiger partial charge in [-0.3, -0.25) is 4.79 Å². The maximum atomic E-state index is 13.3. The number of aromatic nitrogens is 2. The molecule has 3 aromatic rings. The second kappa shape index (κ2) is 9.76. The molecule has 5 rings (SSSR count). The van der Waals surface area contributed by atoms with Gasteiger partial charge in [0.15, 0.2) is 5.83 Å². The Bertz CT molecular complexity index is 1310. The molecule has 8 heteroatoms. The van der Waals surface area contributed by atoms with Crippen LogP contribution in [-0.2, 0) is 17.8 Å². The average molecular weight is 490 g/mol. The zero-order valence-corrected chi connectivity index (χ0v) is 21.1. The number of halogens is 1. The summed E-state index contributed by atoms with van der Waals surface area (Å²) in [5, 5.41) is 2.55. The number of rotatable bonds is 5. The van der Waals surface area contributed by atoms with Crippen LogP contribution in [0, 0.1) is 0 Å². The molecule has 2 aromatic carbocycles. The summed E-state index contributed by atoms with van der Waals surface area (Å²) in [5.74, 6) is -0.286. The van der Waals surface area contributed by atoms with Crippen LogP contribution in [-0.4, -0.2) is 60.6 Å². The van der Waals surface area contributed by atoms with Gasteiger partial charge in [0.2, 0.25) is 0 Å². The van der Waals surface area contributed by atoms with E-state index in [1.807, 2.05) is 0 Å². The van der Waals surface area contributed by atoms with Gasteiger partial charge in [0.1, 0.15) is 5.82 Å². The molecule has 0 bridgehead atoms. The summed E-state index contributed by atoms with van der Waals surface area (Å²) in [4.78, 5) is 27.5. The second-order valence-electron chi connectivity index (χ2n) is 9.69. The molecular formula is C28H32FN5O2. The van der Waals surface area contributed by atoms with Crippen molar-refractivity contribution in [2.24, 2.45) is 0 Å². The smallest absolute Gasteiger partial charge is 0.318 e. The normalized spacial score (nSPS) is 15.9. The van der Waals surface area contributed by atoms with Crippen molar-refractivity contribution in [2.45, 2.75) is 32.7 Å². The molecule has 1 saturated heterocycles. The summed E-state index contributed by atoms with van der Waals surface area (Å²) in [7, 11) is 1.58.